The molecule has 0 aliphatic heterocycles. The van der Waals surface area contributed by atoms with E-state index in [2.05, 4.69) is 27.6 Å². The van der Waals surface area contributed by atoms with Gasteiger partial charge >= 0.3 is 0 Å². The Morgan fingerprint density at radius 1 is 1.29 bits per heavy atom. The first-order valence-electron chi connectivity index (χ1n) is 4.96. The Morgan fingerprint density at radius 3 is 2.76 bits per heavy atom. The van der Waals surface area contributed by atoms with Crippen LogP contribution < -0.4 is 0 Å². The first kappa shape index (κ1) is 10.9. The van der Waals surface area contributed by atoms with Gasteiger partial charge in [-0.3, -0.25) is 9.20 Å². The first-order valence-corrected chi connectivity index (χ1v) is 6.92. The number of aldehydes is 1. The minimum absolute atomic E-state index is 0.613. The second-order valence-electron chi connectivity index (χ2n) is 3.53. The maximum atomic E-state index is 11.2. The number of halogens is 1. The number of benzene rings is 1. The molecule has 0 saturated heterocycles. The third-order valence-electron chi connectivity index (χ3n) is 2.53. The number of hydrogen-bond acceptors (Lipinski definition) is 3. The van der Waals surface area contributed by atoms with Crippen molar-refractivity contribution in [2.24, 2.45) is 0 Å². The van der Waals surface area contributed by atoms with Crippen molar-refractivity contribution in [3.8, 4) is 11.3 Å². The summed E-state index contributed by atoms with van der Waals surface area (Å²) in [5.74, 6) is 0. The summed E-state index contributed by atoms with van der Waals surface area (Å²) in [5, 5.41) is 1.92. The van der Waals surface area contributed by atoms with E-state index in [-0.39, 0.29) is 0 Å². The lowest BCUT2D eigenvalue weighted by Crippen LogP contribution is -1.89. The standard InChI is InChI=1S/C12H7IN2OS/c13-9-3-1-8(2-4-9)11-10(7-16)15-5-6-17-12(15)14-11/h1-7H. The molecule has 0 aliphatic rings. The molecule has 0 N–H and O–H groups in total. The average molecular weight is 354 g/mol. The molecule has 84 valence electrons. The fraction of sp³-hybridized carbons (Fsp3) is 0. The van der Waals surface area contributed by atoms with Crippen LogP contribution in [-0.4, -0.2) is 15.7 Å². The Labute approximate surface area is 115 Å². The van der Waals surface area contributed by atoms with E-state index in [0.29, 0.717) is 5.69 Å². The number of hydrogen-bond donors (Lipinski definition) is 0. The fourth-order valence-electron chi connectivity index (χ4n) is 1.74. The van der Waals surface area contributed by atoms with Gasteiger partial charge in [0.15, 0.2) is 11.2 Å². The maximum Gasteiger partial charge on any atom is 0.194 e. The van der Waals surface area contributed by atoms with E-state index >= 15 is 0 Å². The van der Waals surface area contributed by atoms with Gasteiger partial charge in [0.25, 0.3) is 0 Å². The summed E-state index contributed by atoms with van der Waals surface area (Å²) in [6.45, 7) is 0. The zero-order chi connectivity index (χ0) is 11.8. The van der Waals surface area contributed by atoms with Crippen LogP contribution in [0.2, 0.25) is 0 Å². The Bertz CT molecular complexity index is 684. The Kier molecular flexibility index (Phi) is 2.71. The molecule has 0 unspecified atom stereocenters. The van der Waals surface area contributed by atoms with Crippen LogP contribution in [0.15, 0.2) is 35.8 Å². The summed E-state index contributed by atoms with van der Waals surface area (Å²) in [5.41, 5.74) is 2.34. The highest BCUT2D eigenvalue weighted by molar-refractivity contribution is 14.1. The van der Waals surface area contributed by atoms with Crippen molar-refractivity contribution in [2.45, 2.75) is 0 Å². The highest BCUT2D eigenvalue weighted by atomic mass is 127. The largest absolute Gasteiger partial charge is 0.296 e. The molecule has 3 rings (SSSR count). The summed E-state index contributed by atoms with van der Waals surface area (Å²) in [6.07, 6.45) is 2.73. The predicted molar refractivity (Wildman–Crippen MR) is 76.6 cm³/mol. The Morgan fingerprint density at radius 2 is 2.06 bits per heavy atom. The molecule has 0 aliphatic carbocycles. The molecule has 0 spiro atoms. The number of carbonyl (C=O) groups is 1. The maximum absolute atomic E-state index is 11.2. The van der Waals surface area contributed by atoms with E-state index in [0.717, 1.165) is 22.5 Å². The summed E-state index contributed by atoms with van der Waals surface area (Å²) in [7, 11) is 0. The van der Waals surface area contributed by atoms with E-state index in [1.807, 2.05) is 40.2 Å². The van der Waals surface area contributed by atoms with Crippen molar-refractivity contribution in [1.82, 2.24) is 9.38 Å². The molecule has 2 heterocycles. The van der Waals surface area contributed by atoms with Gasteiger partial charge in [0.1, 0.15) is 11.4 Å². The molecule has 17 heavy (non-hydrogen) atoms. The number of fused-ring (bicyclic) bond motifs is 1. The quantitative estimate of drug-likeness (QED) is 0.522. The normalized spacial score (nSPS) is 10.9. The minimum Gasteiger partial charge on any atom is -0.296 e. The molecule has 1 aromatic carbocycles. The van der Waals surface area contributed by atoms with Crippen molar-refractivity contribution in [1.29, 1.82) is 0 Å². The fourth-order valence-corrected chi connectivity index (χ4v) is 2.82. The molecule has 5 heteroatoms. The smallest absolute Gasteiger partial charge is 0.194 e. The highest BCUT2D eigenvalue weighted by Crippen LogP contribution is 2.25. The molecule has 0 radical (unpaired) electrons. The highest BCUT2D eigenvalue weighted by Gasteiger charge is 2.13. The molecule has 0 fully saturated rings. The minimum atomic E-state index is 0.613. The number of aromatic nitrogens is 2. The van der Waals surface area contributed by atoms with Crippen molar-refractivity contribution in [3.63, 3.8) is 0 Å². The summed E-state index contributed by atoms with van der Waals surface area (Å²) >= 11 is 3.78. The van der Waals surface area contributed by atoms with Crippen LogP contribution in [0.3, 0.4) is 0 Å². The van der Waals surface area contributed by atoms with Gasteiger partial charge in [-0.15, -0.1) is 11.3 Å². The Hall–Kier alpha value is -1.21. The molecule has 0 atom stereocenters. The van der Waals surface area contributed by atoms with Gasteiger partial charge in [-0.05, 0) is 34.7 Å². The van der Waals surface area contributed by atoms with Gasteiger partial charge in [-0.25, -0.2) is 4.98 Å². The zero-order valence-corrected chi connectivity index (χ0v) is 11.6. The molecule has 3 aromatic rings. The predicted octanol–water partition coefficient (Wildman–Crippen LogP) is 3.48. The average Bonchev–Trinajstić information content (AvgIpc) is 2.89. The van der Waals surface area contributed by atoms with E-state index in [9.17, 15) is 4.79 Å². The number of carbonyl (C=O) groups excluding carboxylic acids is 1. The van der Waals surface area contributed by atoms with Gasteiger partial charge in [-0.2, -0.15) is 0 Å². The van der Waals surface area contributed by atoms with Crippen LogP contribution in [0, 0.1) is 3.57 Å². The van der Waals surface area contributed by atoms with E-state index in [4.69, 9.17) is 0 Å². The van der Waals surface area contributed by atoms with Gasteiger partial charge in [0.05, 0.1) is 0 Å². The first-order chi connectivity index (χ1) is 8.29. The second-order valence-corrected chi connectivity index (χ2v) is 5.64. The zero-order valence-electron chi connectivity index (χ0n) is 8.63. The van der Waals surface area contributed by atoms with Crippen LogP contribution in [0.4, 0.5) is 0 Å². The molecule has 0 saturated carbocycles. The molecule has 2 aromatic heterocycles. The topological polar surface area (TPSA) is 34.4 Å². The SMILES string of the molecule is O=Cc1c(-c2ccc(I)cc2)nc2sccn12. The van der Waals surface area contributed by atoms with Crippen molar-refractivity contribution in [2.75, 3.05) is 0 Å². The number of thiazole rings is 1. The van der Waals surface area contributed by atoms with Gasteiger partial charge in [-0.1, -0.05) is 12.1 Å². The van der Waals surface area contributed by atoms with Crippen molar-refractivity contribution >= 4 is 45.2 Å². The van der Waals surface area contributed by atoms with E-state index in [1.54, 1.807) is 0 Å². The number of imidazole rings is 1. The third kappa shape index (κ3) is 1.79. The number of rotatable bonds is 2. The van der Waals surface area contributed by atoms with E-state index < -0.39 is 0 Å². The van der Waals surface area contributed by atoms with Gasteiger partial charge in [0, 0.05) is 20.7 Å². The molecular formula is C12H7IN2OS. The van der Waals surface area contributed by atoms with Crippen LogP contribution in [-0.2, 0) is 0 Å². The van der Waals surface area contributed by atoms with Crippen LogP contribution in [0.5, 0.6) is 0 Å². The van der Waals surface area contributed by atoms with Gasteiger partial charge < -0.3 is 0 Å². The number of nitrogens with zero attached hydrogens (tertiary/aromatic N) is 2. The molecule has 0 amide bonds. The van der Waals surface area contributed by atoms with Crippen LogP contribution in [0.1, 0.15) is 10.5 Å². The molecule has 0 bridgehead atoms. The van der Waals surface area contributed by atoms with Gasteiger partial charge in [0.2, 0.25) is 0 Å². The molecule has 3 nitrogen and oxygen atoms in total. The lowest BCUT2D eigenvalue weighted by Gasteiger charge is -1.98. The summed E-state index contributed by atoms with van der Waals surface area (Å²) in [6, 6.07) is 8.00. The Balaban J connectivity index is 2.25. The third-order valence-corrected chi connectivity index (χ3v) is 4.00. The monoisotopic (exact) mass is 354 g/mol. The van der Waals surface area contributed by atoms with Crippen molar-refractivity contribution < 1.29 is 4.79 Å². The second kappa shape index (κ2) is 4.23. The lowest BCUT2D eigenvalue weighted by molar-refractivity contribution is 0.111. The summed E-state index contributed by atoms with van der Waals surface area (Å²) < 4.78 is 2.99. The summed E-state index contributed by atoms with van der Waals surface area (Å²) in [4.78, 5) is 16.5. The van der Waals surface area contributed by atoms with Crippen LogP contribution in [0.25, 0.3) is 16.2 Å². The van der Waals surface area contributed by atoms with Crippen LogP contribution >= 0.6 is 33.9 Å². The van der Waals surface area contributed by atoms with E-state index in [1.165, 1.54) is 14.9 Å². The molecular weight excluding hydrogens is 347 g/mol. The van der Waals surface area contributed by atoms with Crippen molar-refractivity contribution in [3.05, 3.63) is 45.1 Å². The lowest BCUT2D eigenvalue weighted by atomic mass is 10.1.